The highest BCUT2D eigenvalue weighted by molar-refractivity contribution is 6.38. The number of hydrogen-bond acceptors (Lipinski definition) is 30. The molecule has 124 heavy (non-hydrogen) atoms. The number of nitrogens with zero attached hydrogens (tertiary/aromatic N) is 24. The summed E-state index contributed by atoms with van der Waals surface area (Å²) in [5.74, 6) is 5.25. The van der Waals surface area contributed by atoms with E-state index in [4.69, 9.17) is 88.4 Å². The van der Waals surface area contributed by atoms with Crippen molar-refractivity contribution in [1.29, 1.82) is 0 Å². The first-order valence-corrected chi connectivity index (χ1v) is 44.0. The number of fused-ring (bicyclic) bond motifs is 5. The Hall–Kier alpha value is -10.8. The number of nitrogens with two attached hydrogens (primary N) is 5. The van der Waals surface area contributed by atoms with Crippen molar-refractivity contribution in [2.45, 2.75) is 176 Å². The lowest BCUT2D eigenvalue weighted by molar-refractivity contribution is 0.257. The molecule has 19 heterocycles. The van der Waals surface area contributed by atoms with E-state index >= 15 is 0 Å². The molecule has 35 heteroatoms. The second-order valence-corrected chi connectivity index (χ2v) is 36.8. The Balaban J connectivity index is 0.000000115. The molecule has 0 amide bonds. The Morgan fingerprint density at radius 3 is 0.952 bits per heavy atom. The number of aryl methyl sites for hydroxylation is 4. The van der Waals surface area contributed by atoms with Crippen LogP contribution in [0.4, 0.5) is 34.9 Å². The van der Waals surface area contributed by atoms with E-state index in [2.05, 4.69) is 145 Å². The van der Waals surface area contributed by atoms with Gasteiger partial charge >= 0.3 is 0 Å². The number of H-pyrrole nitrogens is 2. The minimum absolute atomic E-state index is 0.0598. The predicted octanol–water partition coefficient (Wildman–Crippen LogP) is 10.7. The van der Waals surface area contributed by atoms with Gasteiger partial charge in [-0.3, -0.25) is 40.1 Å². The molecule has 5 saturated heterocycles. The summed E-state index contributed by atoms with van der Waals surface area (Å²) in [6, 6.07) is 9.73. The van der Waals surface area contributed by atoms with Crippen LogP contribution in [0, 0.1) is 38.5 Å². The van der Waals surface area contributed by atoms with Crippen molar-refractivity contribution >= 4 is 98.3 Å². The lowest BCUT2D eigenvalue weighted by Crippen LogP contribution is -2.48. The van der Waals surface area contributed by atoms with Crippen molar-refractivity contribution in [2.24, 2.45) is 64.5 Å². The summed E-state index contributed by atoms with van der Waals surface area (Å²) >= 11 is 19.4. The van der Waals surface area contributed by atoms with Gasteiger partial charge in [-0.25, -0.2) is 54.8 Å². The van der Waals surface area contributed by atoms with Crippen molar-refractivity contribution in [3.05, 3.63) is 209 Å². The molecule has 5 fully saturated rings. The maximum atomic E-state index is 6.48. The summed E-state index contributed by atoms with van der Waals surface area (Å²) in [6.07, 6.45) is 26.5. The van der Waals surface area contributed by atoms with E-state index in [1.165, 1.54) is 0 Å². The zero-order valence-corrected chi connectivity index (χ0v) is 74.7. The van der Waals surface area contributed by atoms with Gasteiger partial charge in [-0.2, -0.15) is 10.2 Å². The van der Waals surface area contributed by atoms with Crippen molar-refractivity contribution in [3.8, 4) is 0 Å². The third-order valence-electron chi connectivity index (χ3n) is 25.8. The molecule has 13 N–H and O–H groups in total. The van der Waals surface area contributed by atoms with Crippen molar-refractivity contribution < 1.29 is 0 Å². The molecule has 0 unspecified atom stereocenters. The van der Waals surface area contributed by atoms with Gasteiger partial charge in [0.25, 0.3) is 0 Å². The van der Waals surface area contributed by atoms with Crippen LogP contribution in [0.3, 0.4) is 0 Å². The van der Waals surface area contributed by atoms with Gasteiger partial charge in [-0.1, -0.05) is 66.8 Å². The molecule has 0 radical (unpaired) electrons. The van der Waals surface area contributed by atoms with Gasteiger partial charge in [-0.15, -0.1) is 0 Å². The third-order valence-corrected chi connectivity index (χ3v) is 27.2. The molecule has 9 aromatic heterocycles. The lowest BCUT2D eigenvalue weighted by Gasteiger charge is -2.39. The molecule has 1 aromatic carbocycles. The number of benzene rings is 1. The number of hydrogen-bond donors (Lipinski definition) is 8. The average molecular weight is 1740 g/mol. The molecular weight excluding hydrogens is 1620 g/mol. The summed E-state index contributed by atoms with van der Waals surface area (Å²) in [5.41, 5.74) is 52.3. The molecule has 10 aliphatic heterocycles. The molecule has 20 rings (SSSR count). The number of anilines is 6. The molecule has 0 atom stereocenters. The first kappa shape index (κ1) is 86.7. The maximum absolute atomic E-state index is 6.48. The summed E-state index contributed by atoms with van der Waals surface area (Å²) in [7, 11) is 1.79. The van der Waals surface area contributed by atoms with Crippen LogP contribution >= 0.6 is 34.8 Å². The Kier molecular flexibility index (Phi) is 25.2. The molecule has 0 aliphatic carbocycles. The number of halogens is 3. The number of rotatable bonds is 13. The van der Waals surface area contributed by atoms with Gasteiger partial charge in [0.15, 0.2) is 0 Å². The fourth-order valence-electron chi connectivity index (χ4n) is 16.8. The number of aromatic nitrogens is 16. The highest BCUT2D eigenvalue weighted by Gasteiger charge is 2.37. The van der Waals surface area contributed by atoms with E-state index in [1.807, 2.05) is 89.0 Å². The van der Waals surface area contributed by atoms with Gasteiger partial charge < -0.3 is 58.5 Å². The number of pyridine rings is 2. The van der Waals surface area contributed by atoms with E-state index in [0.29, 0.717) is 48.6 Å². The SMILES string of the molecule is CNc1nccc(C2=NCc3nc(N4CCC(C)(CN)CC4)cnc32)c1Cl.Cc1[nH]ncc1C1=NCc2nc(N3CCC(C)(CN)CC3)cnc21.Cc1[nH]ncc1C1=NCc2nc(N3CCC(C)(N)CC3)cnc21.Cc1cccc(C2=NCc3nc(N4CCC(C)(N)CC4)cnc32)c1Cl.Cc1nccc(C2=NCc3nc(N4CCC(C)(N)CC4)cnc32)c1Cl. The number of aromatic amines is 2. The Morgan fingerprint density at radius 2 is 0.653 bits per heavy atom. The molecule has 648 valence electrons. The standard InChI is InChI=1S/C19H24ClN7.C19H22ClN5.C18H21ClN6.C17H23N7.C16H21N7/c1-19(11-21)4-7-27(8-5-19)14-10-25-17-13(26-14)9-24-16(17)12-3-6-23-18(22-2)15(12)20;1-12-4-3-5-13(16(12)20)17-18-14(10-22-17)24-15(11-23-18)25-8-6-19(2,21)7-9-25;1-11-15(19)12(3-6-21-11)16-17-13(9-22-16)24-14(10-23-17)25-7-4-18(2,20)5-8-25;1-11-12(7-21-23-11)15-16-13(8-19-15)22-14(9-20-16)24-5-3-17(2,10-18)4-6-24;1-10-11(7-20-22-10)14-15-12(8-18-14)21-13(9-19-15)23-5-3-16(2,17)4-6-23/h3,6,10H,4-5,7-9,11,21H2,1-2H3,(H,22,23);3-5,11H,6-10,21H2,1-2H3;3,6,10H,4-5,7-9,20H2,1-2H3;7,9H,3-6,8,10,18H2,1-2H3,(H,21,23);7,9H,3-6,8,17H2,1-2H3,(H,20,22). The van der Waals surface area contributed by atoms with Crippen LogP contribution in [-0.4, -0.2) is 211 Å². The minimum atomic E-state index is -0.0765. The van der Waals surface area contributed by atoms with Crippen molar-refractivity contribution in [2.75, 3.05) is 115 Å². The monoisotopic (exact) mass is 1730 g/mol. The molecule has 0 bridgehead atoms. The van der Waals surface area contributed by atoms with Gasteiger partial charge in [0, 0.05) is 141 Å². The lowest BCUT2D eigenvalue weighted by atomic mass is 9.80. The van der Waals surface area contributed by atoms with E-state index in [9.17, 15) is 0 Å². The third kappa shape index (κ3) is 18.6. The summed E-state index contributed by atoms with van der Waals surface area (Å²) in [4.78, 5) is 90.4. The molecule has 10 aromatic rings. The normalized spacial score (nSPS) is 19.0. The molecule has 32 nitrogen and oxygen atoms in total. The topological polar surface area (TPSA) is 432 Å². The zero-order valence-electron chi connectivity index (χ0n) is 72.4. The van der Waals surface area contributed by atoms with Gasteiger partial charge in [0.2, 0.25) is 0 Å². The highest BCUT2D eigenvalue weighted by Crippen LogP contribution is 2.38. The van der Waals surface area contributed by atoms with Gasteiger partial charge in [-0.05, 0) is 154 Å². The Labute approximate surface area is 738 Å². The zero-order chi connectivity index (χ0) is 87.0. The first-order chi connectivity index (χ1) is 59.6. The number of nitrogens with one attached hydrogen (secondary N) is 3. The van der Waals surface area contributed by atoms with Gasteiger partial charge in [0.1, 0.15) is 63.4 Å². The number of aliphatic imine (C=N–C) groups is 5. The van der Waals surface area contributed by atoms with Crippen LogP contribution in [0.1, 0.15) is 206 Å². The fourth-order valence-corrected chi connectivity index (χ4v) is 17.5. The van der Waals surface area contributed by atoms with Crippen molar-refractivity contribution in [3.63, 3.8) is 0 Å². The van der Waals surface area contributed by atoms with Crippen LogP contribution in [0.2, 0.25) is 15.1 Å². The van der Waals surface area contributed by atoms with E-state index in [1.54, 1.807) is 31.8 Å². The van der Waals surface area contributed by atoms with E-state index in [0.717, 1.165) is 313 Å². The molecule has 0 spiro atoms. The van der Waals surface area contributed by atoms with Crippen LogP contribution < -0.4 is 58.5 Å². The summed E-state index contributed by atoms with van der Waals surface area (Å²) < 4.78 is 0. The summed E-state index contributed by atoms with van der Waals surface area (Å²) in [5, 5.41) is 19.0. The summed E-state index contributed by atoms with van der Waals surface area (Å²) in [6.45, 7) is 32.4. The van der Waals surface area contributed by atoms with Crippen molar-refractivity contribution in [1.82, 2.24) is 80.2 Å². The average Bonchev–Trinajstić information content (AvgIpc) is 1.69. The Morgan fingerprint density at radius 1 is 0.363 bits per heavy atom. The van der Waals surface area contributed by atoms with Crippen LogP contribution in [0.5, 0.6) is 0 Å². The number of piperidine rings is 5. The highest BCUT2D eigenvalue weighted by atomic mass is 35.5. The predicted molar refractivity (Wildman–Crippen MR) is 492 cm³/mol. The van der Waals surface area contributed by atoms with Crippen LogP contribution in [0.25, 0.3) is 0 Å². The maximum Gasteiger partial charge on any atom is 0.147 e. The Bertz CT molecular complexity index is 5620. The molecule has 10 aliphatic rings. The molecular formula is C89H111Cl3N32. The second kappa shape index (κ2) is 36.0. The second-order valence-electron chi connectivity index (χ2n) is 35.7. The van der Waals surface area contributed by atoms with Gasteiger partial charge in [0.05, 0.1) is 154 Å². The molecule has 0 saturated carbocycles. The quantitative estimate of drug-likeness (QED) is 0.0531. The fraction of sp³-hybridized carbons (Fsp3) is 0.472. The first-order valence-electron chi connectivity index (χ1n) is 42.8. The van der Waals surface area contributed by atoms with Crippen LogP contribution in [0.15, 0.2) is 111 Å². The van der Waals surface area contributed by atoms with Crippen LogP contribution in [-0.2, 0) is 32.7 Å². The van der Waals surface area contributed by atoms with E-state index < -0.39 is 0 Å². The minimum Gasteiger partial charge on any atom is -0.372 e. The largest absolute Gasteiger partial charge is 0.372 e. The smallest absolute Gasteiger partial charge is 0.147 e. The van der Waals surface area contributed by atoms with E-state index in [-0.39, 0.29) is 27.4 Å².